The largest absolute Gasteiger partial charge is 0.480 e. The first-order valence-corrected chi connectivity index (χ1v) is 14.4. The number of aryl methyl sites for hydroxylation is 4. The Kier molecular flexibility index (Phi) is 8.24. The highest BCUT2D eigenvalue weighted by Gasteiger charge is 2.52. The minimum atomic E-state index is -5.05. The van der Waals surface area contributed by atoms with Crippen LogP contribution in [0.5, 0.6) is 0 Å². The average Bonchev–Trinajstić information content (AvgIpc) is 2.85. The molecule has 4 aromatic rings. The van der Waals surface area contributed by atoms with Gasteiger partial charge in [0.15, 0.2) is 5.28 Å². The molecule has 0 amide bonds. The molecule has 39 heavy (non-hydrogen) atoms. The minimum Gasteiger partial charge on any atom is -0.480 e. The number of rotatable bonds is 9. The van der Waals surface area contributed by atoms with E-state index in [9.17, 15) is 24.3 Å². The number of carboxylic acids is 1. The van der Waals surface area contributed by atoms with Gasteiger partial charge in [0.25, 0.3) is 0 Å². The maximum absolute atomic E-state index is 13.6. The number of nitrogens with one attached hydrogen (secondary N) is 1. The zero-order chi connectivity index (χ0) is 28.4. The fraction of sp³-hybridized carbons (Fsp3) is 0.219. The smallest absolute Gasteiger partial charge is 0.354 e. The topological polar surface area (TPSA) is 107 Å². The van der Waals surface area contributed by atoms with Gasteiger partial charge in [-0.05, 0) is 61.9 Å². The average molecular weight is 544 g/mol. The number of hydrogen-bond acceptors (Lipinski definition) is 3. The van der Waals surface area contributed by atoms with Crippen LogP contribution in [0.3, 0.4) is 0 Å². The van der Waals surface area contributed by atoms with Gasteiger partial charge in [-0.2, -0.15) is 0 Å². The molecule has 0 bridgehead atoms. The first-order valence-electron chi connectivity index (χ1n) is 12.8. The van der Waals surface area contributed by atoms with E-state index >= 15 is 0 Å². The van der Waals surface area contributed by atoms with Crippen LogP contribution in [-0.4, -0.2) is 26.9 Å². The molecule has 0 spiro atoms. The summed E-state index contributed by atoms with van der Waals surface area (Å²) >= 11 is 0. The third-order valence-electron chi connectivity index (χ3n) is 6.90. The first kappa shape index (κ1) is 28.5. The zero-order valence-corrected chi connectivity index (χ0v) is 23.4. The highest BCUT2D eigenvalue weighted by atomic mass is 31.2. The Balaban J connectivity index is 1.83. The number of carbonyl (C=O) groups is 1. The molecule has 0 radical (unpaired) electrons. The number of hydrogen-bond donors (Lipinski definition) is 4. The maximum Gasteiger partial charge on any atom is 0.354 e. The molecule has 0 saturated carbocycles. The summed E-state index contributed by atoms with van der Waals surface area (Å²) in [5, 5.41) is 11.2. The molecule has 0 aliphatic heterocycles. The van der Waals surface area contributed by atoms with Gasteiger partial charge in [-0.25, -0.2) is 0 Å². The summed E-state index contributed by atoms with van der Waals surface area (Å²) in [5.74, 6) is -1.20. The van der Waals surface area contributed by atoms with Crippen LogP contribution in [0.4, 0.5) is 0 Å². The van der Waals surface area contributed by atoms with Crippen molar-refractivity contribution in [1.82, 2.24) is 5.32 Å². The standard InChI is InChI=1S/C32H34NO5P/c1-21-14-22(2)17-28(16-21)32(39(36,37)38,29-18-23(3)15-24(4)19-29)33-30(31(34)35)20-25-10-12-27(13-11-25)26-8-6-5-7-9-26/h5-19,30,33H,20H2,1-4H3,(H,34,35)(H2,36,37,38). The lowest BCUT2D eigenvalue weighted by atomic mass is 9.91. The van der Waals surface area contributed by atoms with Crippen molar-refractivity contribution in [3.63, 3.8) is 0 Å². The Morgan fingerprint density at radius 1 is 0.744 bits per heavy atom. The van der Waals surface area contributed by atoms with Crippen LogP contribution >= 0.6 is 7.60 Å². The third-order valence-corrected chi connectivity index (χ3v) is 8.42. The van der Waals surface area contributed by atoms with Crippen molar-refractivity contribution in [2.24, 2.45) is 0 Å². The van der Waals surface area contributed by atoms with Crippen molar-refractivity contribution in [1.29, 1.82) is 0 Å². The van der Waals surface area contributed by atoms with E-state index in [-0.39, 0.29) is 6.42 Å². The van der Waals surface area contributed by atoms with Crippen LogP contribution in [0.2, 0.25) is 0 Å². The van der Waals surface area contributed by atoms with Gasteiger partial charge >= 0.3 is 13.6 Å². The summed E-state index contributed by atoms with van der Waals surface area (Å²) in [4.78, 5) is 34.6. The Labute approximate surface area is 229 Å². The second-order valence-corrected chi connectivity index (χ2v) is 12.1. The van der Waals surface area contributed by atoms with Gasteiger partial charge in [0.05, 0.1) is 0 Å². The Hall–Kier alpha value is -3.54. The van der Waals surface area contributed by atoms with E-state index in [2.05, 4.69) is 5.32 Å². The second-order valence-electron chi connectivity index (χ2n) is 10.3. The van der Waals surface area contributed by atoms with E-state index in [1.807, 2.05) is 94.4 Å². The van der Waals surface area contributed by atoms with E-state index in [0.717, 1.165) is 38.9 Å². The summed E-state index contributed by atoms with van der Waals surface area (Å²) in [7, 11) is -5.05. The molecular formula is C32H34NO5P. The SMILES string of the molecule is Cc1cc(C)cc(C(NC(Cc2ccc(-c3ccccc3)cc2)C(=O)O)(c2cc(C)cc(C)c2)P(=O)(O)O)c1. The van der Waals surface area contributed by atoms with Gasteiger partial charge in [0.2, 0.25) is 0 Å². The van der Waals surface area contributed by atoms with Gasteiger partial charge in [-0.15, -0.1) is 0 Å². The molecule has 0 aliphatic carbocycles. The second kappa shape index (κ2) is 11.3. The molecule has 7 heteroatoms. The molecule has 6 nitrogen and oxygen atoms in total. The summed E-state index contributed by atoms with van der Waals surface area (Å²) in [6.07, 6.45) is 0.0295. The van der Waals surface area contributed by atoms with Crippen LogP contribution in [0, 0.1) is 27.7 Å². The molecule has 0 heterocycles. The monoisotopic (exact) mass is 543 g/mol. The van der Waals surface area contributed by atoms with Crippen LogP contribution in [0.25, 0.3) is 11.1 Å². The lowest BCUT2D eigenvalue weighted by molar-refractivity contribution is -0.139. The van der Waals surface area contributed by atoms with E-state index in [1.165, 1.54) is 0 Å². The van der Waals surface area contributed by atoms with Crippen molar-refractivity contribution in [3.8, 4) is 11.1 Å². The van der Waals surface area contributed by atoms with Crippen molar-refractivity contribution < 1.29 is 24.3 Å². The first-order chi connectivity index (χ1) is 18.4. The lowest BCUT2D eigenvalue weighted by Gasteiger charge is -2.39. The summed E-state index contributed by atoms with van der Waals surface area (Å²) in [6.45, 7) is 7.41. The van der Waals surface area contributed by atoms with Gasteiger partial charge < -0.3 is 14.9 Å². The van der Waals surface area contributed by atoms with Crippen molar-refractivity contribution in [2.45, 2.75) is 45.4 Å². The normalized spacial score (nSPS) is 12.8. The maximum atomic E-state index is 13.6. The summed E-state index contributed by atoms with van der Waals surface area (Å²) in [5.41, 5.74) is 6.68. The summed E-state index contributed by atoms with van der Waals surface area (Å²) < 4.78 is 13.6. The predicted molar refractivity (Wildman–Crippen MR) is 155 cm³/mol. The number of carboxylic acid groups (broad SMARTS) is 1. The molecule has 0 aliphatic rings. The van der Waals surface area contributed by atoms with Gasteiger partial charge in [0.1, 0.15) is 6.04 Å². The predicted octanol–water partition coefficient (Wildman–Crippen LogP) is 6.25. The Morgan fingerprint density at radius 2 is 1.18 bits per heavy atom. The quantitative estimate of drug-likeness (QED) is 0.186. The molecule has 4 aromatic carbocycles. The van der Waals surface area contributed by atoms with Crippen molar-refractivity contribution in [2.75, 3.05) is 0 Å². The van der Waals surface area contributed by atoms with Crippen molar-refractivity contribution in [3.05, 3.63) is 130 Å². The number of aliphatic carboxylic acids is 1. The molecule has 0 aromatic heterocycles. The van der Waals surface area contributed by atoms with Gasteiger partial charge in [-0.3, -0.25) is 14.7 Å². The van der Waals surface area contributed by atoms with Crippen LogP contribution < -0.4 is 5.32 Å². The highest BCUT2D eigenvalue weighted by Crippen LogP contribution is 2.59. The molecule has 0 fully saturated rings. The molecule has 202 valence electrons. The van der Waals surface area contributed by atoms with Crippen molar-refractivity contribution >= 4 is 13.6 Å². The van der Waals surface area contributed by atoms with E-state index < -0.39 is 24.9 Å². The molecule has 1 atom stereocenters. The Morgan fingerprint density at radius 3 is 1.59 bits per heavy atom. The number of benzene rings is 4. The van der Waals surface area contributed by atoms with Crippen LogP contribution in [0.1, 0.15) is 38.9 Å². The molecule has 4 rings (SSSR count). The van der Waals surface area contributed by atoms with Gasteiger partial charge in [0, 0.05) is 0 Å². The summed E-state index contributed by atoms with van der Waals surface area (Å²) in [6, 6.07) is 26.8. The van der Waals surface area contributed by atoms with Crippen LogP contribution in [-0.2, 0) is 21.1 Å². The van der Waals surface area contributed by atoms with E-state index in [4.69, 9.17) is 0 Å². The van der Waals surface area contributed by atoms with Crippen LogP contribution in [0.15, 0.2) is 91.0 Å². The third kappa shape index (κ3) is 6.21. The van der Waals surface area contributed by atoms with Gasteiger partial charge in [-0.1, -0.05) is 113 Å². The molecule has 4 N–H and O–H groups in total. The molecule has 1 unspecified atom stereocenters. The highest BCUT2D eigenvalue weighted by molar-refractivity contribution is 7.53. The van der Waals surface area contributed by atoms with E-state index in [0.29, 0.717) is 11.1 Å². The fourth-order valence-electron chi connectivity index (χ4n) is 5.27. The zero-order valence-electron chi connectivity index (χ0n) is 22.6. The molecular weight excluding hydrogens is 509 g/mol. The Bertz CT molecular complexity index is 1430. The molecule has 0 saturated heterocycles. The van der Waals surface area contributed by atoms with E-state index in [1.54, 1.807) is 24.3 Å². The minimum absolute atomic E-state index is 0.0295. The fourth-order valence-corrected chi connectivity index (χ4v) is 6.53. The lowest BCUT2D eigenvalue weighted by Crippen LogP contribution is -2.52.